The second-order valence-corrected chi connectivity index (χ2v) is 14.8. The van der Waals surface area contributed by atoms with Crippen LogP contribution in [-0.2, 0) is 6.42 Å². The van der Waals surface area contributed by atoms with Crippen molar-refractivity contribution in [2.45, 2.75) is 12.8 Å². The second-order valence-electron chi connectivity index (χ2n) is 14.8. The number of benzene rings is 9. The van der Waals surface area contributed by atoms with Gasteiger partial charge in [-0.05, 0) is 110 Å². The maximum absolute atomic E-state index is 2.50. The van der Waals surface area contributed by atoms with Gasteiger partial charge in [0.2, 0.25) is 0 Å². The molecule has 2 heteroatoms. The lowest BCUT2D eigenvalue weighted by atomic mass is 9.94. The topological polar surface area (TPSA) is 8.17 Å². The molecule has 2 nitrogen and oxygen atoms in total. The zero-order valence-corrected chi connectivity index (χ0v) is 30.9. The van der Waals surface area contributed by atoms with E-state index in [1.54, 1.807) is 0 Å². The summed E-state index contributed by atoms with van der Waals surface area (Å²) in [5, 5.41) is 8.95. The largest absolute Gasteiger partial charge is 0.312 e. The molecule has 1 heterocycles. The van der Waals surface area contributed by atoms with Crippen LogP contribution < -0.4 is 4.90 Å². The maximum Gasteiger partial charge on any atom is 0.0537 e. The Bertz CT molecular complexity index is 3080. The Balaban J connectivity index is 1.06. The van der Waals surface area contributed by atoms with Crippen LogP contribution in [0, 0.1) is 0 Å². The van der Waals surface area contributed by atoms with Crippen LogP contribution in [0.25, 0.3) is 77.2 Å². The Labute approximate surface area is 326 Å². The second kappa shape index (κ2) is 13.3. The van der Waals surface area contributed by atoms with Gasteiger partial charge in [0, 0.05) is 39.3 Å². The average molecular weight is 715 g/mol. The van der Waals surface area contributed by atoms with Crippen LogP contribution >= 0.6 is 0 Å². The normalized spacial score (nSPS) is 12.4. The van der Waals surface area contributed by atoms with E-state index in [1.807, 2.05) is 0 Å². The monoisotopic (exact) mass is 714 g/mol. The summed E-state index contributed by atoms with van der Waals surface area (Å²) in [6.45, 7) is 0. The van der Waals surface area contributed by atoms with E-state index >= 15 is 0 Å². The van der Waals surface area contributed by atoms with Gasteiger partial charge in [0.25, 0.3) is 0 Å². The Hall–Kier alpha value is -7.16. The molecule has 1 aliphatic carbocycles. The molecule has 0 unspecified atom stereocenters. The summed E-state index contributed by atoms with van der Waals surface area (Å²) < 4.78 is 2.50. The van der Waals surface area contributed by atoms with E-state index in [0.29, 0.717) is 0 Å². The molecule has 56 heavy (non-hydrogen) atoms. The summed E-state index contributed by atoms with van der Waals surface area (Å²) in [5.74, 6) is 0. The van der Waals surface area contributed by atoms with Gasteiger partial charge < -0.3 is 9.47 Å². The van der Waals surface area contributed by atoms with Crippen molar-refractivity contribution in [1.82, 2.24) is 4.57 Å². The highest BCUT2D eigenvalue weighted by molar-refractivity contribution is 6.25. The number of fused-ring (bicyclic) bond motifs is 9. The summed E-state index contributed by atoms with van der Waals surface area (Å²) in [6.07, 6.45) is 6.71. The third-order valence-corrected chi connectivity index (χ3v) is 11.6. The minimum Gasteiger partial charge on any atom is -0.312 e. The van der Waals surface area contributed by atoms with E-state index < -0.39 is 0 Å². The highest BCUT2D eigenvalue weighted by atomic mass is 15.1. The quantitative estimate of drug-likeness (QED) is 0.156. The van der Waals surface area contributed by atoms with Crippen molar-refractivity contribution >= 4 is 66.4 Å². The van der Waals surface area contributed by atoms with Gasteiger partial charge in [0.05, 0.1) is 11.2 Å². The molecule has 0 saturated heterocycles. The molecule has 9 aromatic carbocycles. The molecule has 0 saturated carbocycles. The fourth-order valence-corrected chi connectivity index (χ4v) is 9.06. The minimum atomic E-state index is 1.03. The smallest absolute Gasteiger partial charge is 0.0537 e. The first-order valence-corrected chi connectivity index (χ1v) is 19.6. The third kappa shape index (κ3) is 5.26. The van der Waals surface area contributed by atoms with Crippen LogP contribution in [0.15, 0.2) is 200 Å². The molecule has 0 spiro atoms. The van der Waals surface area contributed by atoms with Crippen LogP contribution in [0.4, 0.5) is 17.1 Å². The van der Waals surface area contributed by atoms with Crippen molar-refractivity contribution in [1.29, 1.82) is 0 Å². The standard InChI is InChI=1S/C54H38N2/c1-2-14-37(15-3-1)38-26-30-40(31-27-38)55(42-34-35-48-46-19-5-4-17-44(46)45-18-6-7-20-47(45)51(48)36-42)41-32-28-39(29-33-41)43-16-8-11-23-52(43)56-53-24-12-9-21-49(53)50-22-10-13-25-54(50)56/h1-12,14-24,26-36H,13,25H2. The SMILES string of the molecule is C1=Cc2c(n(-c3ccccc3-c3ccc(N(c4ccc(-c5ccccc5)cc4)c4ccc5c6ccccc6c6ccccc6c5c4)cc3)c3ccccc23)CC1. The first-order chi connectivity index (χ1) is 27.8. The molecule has 0 bridgehead atoms. The third-order valence-electron chi connectivity index (χ3n) is 11.6. The molecule has 0 fully saturated rings. The number of hydrogen-bond acceptors (Lipinski definition) is 1. The summed E-state index contributed by atoms with van der Waals surface area (Å²) in [5.41, 5.74) is 13.4. The first-order valence-electron chi connectivity index (χ1n) is 19.6. The van der Waals surface area contributed by atoms with Gasteiger partial charge in [0.1, 0.15) is 0 Å². The van der Waals surface area contributed by atoms with Crippen molar-refractivity contribution in [2.75, 3.05) is 4.90 Å². The van der Waals surface area contributed by atoms with Crippen molar-refractivity contribution < 1.29 is 0 Å². The van der Waals surface area contributed by atoms with Crippen LogP contribution in [-0.4, -0.2) is 4.57 Å². The number of para-hydroxylation sites is 2. The average Bonchev–Trinajstić information content (AvgIpc) is 3.62. The summed E-state index contributed by atoms with van der Waals surface area (Å²) in [7, 11) is 0. The lowest BCUT2D eigenvalue weighted by molar-refractivity contribution is 0.889. The zero-order chi connectivity index (χ0) is 37.0. The van der Waals surface area contributed by atoms with Crippen molar-refractivity contribution in [3.63, 3.8) is 0 Å². The van der Waals surface area contributed by atoms with Gasteiger partial charge in [-0.3, -0.25) is 0 Å². The van der Waals surface area contributed by atoms with Gasteiger partial charge in [-0.2, -0.15) is 0 Å². The van der Waals surface area contributed by atoms with E-state index in [0.717, 1.165) is 29.9 Å². The lowest BCUT2D eigenvalue weighted by Gasteiger charge is -2.27. The molecule has 0 radical (unpaired) electrons. The van der Waals surface area contributed by atoms with Crippen molar-refractivity contribution in [3.05, 3.63) is 211 Å². The molecule has 0 atom stereocenters. The zero-order valence-electron chi connectivity index (χ0n) is 30.9. The van der Waals surface area contributed by atoms with Crippen molar-refractivity contribution in [2.24, 2.45) is 0 Å². The summed E-state index contributed by atoms with van der Waals surface area (Å²) >= 11 is 0. The molecule has 0 aliphatic heterocycles. The highest BCUT2D eigenvalue weighted by Crippen LogP contribution is 2.43. The Kier molecular flexibility index (Phi) is 7.67. The number of allylic oxidation sites excluding steroid dienone is 1. The Morgan fingerprint density at radius 3 is 1.61 bits per heavy atom. The van der Waals surface area contributed by atoms with Crippen LogP contribution in [0.2, 0.25) is 0 Å². The van der Waals surface area contributed by atoms with Gasteiger partial charge in [-0.1, -0.05) is 158 Å². The fourth-order valence-electron chi connectivity index (χ4n) is 9.06. The maximum atomic E-state index is 2.50. The Morgan fingerprint density at radius 2 is 0.911 bits per heavy atom. The van der Waals surface area contributed by atoms with Gasteiger partial charge in [-0.15, -0.1) is 0 Å². The summed E-state index contributed by atoms with van der Waals surface area (Å²) in [4.78, 5) is 2.40. The molecule has 264 valence electrons. The van der Waals surface area contributed by atoms with Crippen molar-refractivity contribution in [3.8, 4) is 27.9 Å². The van der Waals surface area contributed by atoms with Gasteiger partial charge in [-0.25, -0.2) is 0 Å². The molecular formula is C54H38N2. The van der Waals surface area contributed by atoms with E-state index in [2.05, 4.69) is 216 Å². The van der Waals surface area contributed by atoms with Crippen LogP contribution in [0.3, 0.4) is 0 Å². The fraction of sp³-hybridized carbons (Fsp3) is 0.0370. The number of nitrogens with zero attached hydrogens (tertiary/aromatic N) is 2. The first kappa shape index (κ1) is 32.3. The molecule has 0 amide bonds. The molecule has 10 aromatic rings. The molecule has 1 aliphatic rings. The van der Waals surface area contributed by atoms with Crippen LogP contribution in [0.1, 0.15) is 17.7 Å². The lowest BCUT2D eigenvalue weighted by Crippen LogP contribution is -2.10. The van der Waals surface area contributed by atoms with E-state index in [-0.39, 0.29) is 0 Å². The minimum absolute atomic E-state index is 1.03. The Morgan fingerprint density at radius 1 is 0.393 bits per heavy atom. The van der Waals surface area contributed by atoms with E-state index in [4.69, 9.17) is 0 Å². The molecular weight excluding hydrogens is 677 g/mol. The molecule has 0 N–H and O–H groups in total. The van der Waals surface area contributed by atoms with Gasteiger partial charge >= 0.3 is 0 Å². The number of aromatic nitrogens is 1. The predicted molar refractivity (Wildman–Crippen MR) is 239 cm³/mol. The van der Waals surface area contributed by atoms with E-state index in [1.165, 1.54) is 82.4 Å². The number of hydrogen-bond donors (Lipinski definition) is 0. The number of anilines is 3. The summed E-state index contributed by atoms with van der Waals surface area (Å²) in [6, 6.07) is 71.0. The highest BCUT2D eigenvalue weighted by Gasteiger charge is 2.21. The molecule has 11 rings (SSSR count). The van der Waals surface area contributed by atoms with Gasteiger partial charge in [0.15, 0.2) is 0 Å². The van der Waals surface area contributed by atoms with Crippen LogP contribution in [0.5, 0.6) is 0 Å². The molecule has 1 aromatic heterocycles. The number of rotatable bonds is 6. The van der Waals surface area contributed by atoms with E-state index in [9.17, 15) is 0 Å². The predicted octanol–water partition coefficient (Wildman–Crippen LogP) is 14.9.